The summed E-state index contributed by atoms with van der Waals surface area (Å²) in [5.74, 6) is 0.214. The second-order valence-corrected chi connectivity index (χ2v) is 4.28. The Bertz CT molecular complexity index is 381. The van der Waals surface area contributed by atoms with Gasteiger partial charge in [0.05, 0.1) is 13.2 Å². The van der Waals surface area contributed by atoms with Gasteiger partial charge in [-0.15, -0.1) is 10.1 Å². The fourth-order valence-corrected chi connectivity index (χ4v) is 2.21. The van der Waals surface area contributed by atoms with Crippen LogP contribution in [0.3, 0.4) is 0 Å². The third-order valence-electron chi connectivity index (χ3n) is 3.25. The Morgan fingerprint density at radius 2 is 2.06 bits per heavy atom. The second-order valence-electron chi connectivity index (χ2n) is 4.28. The van der Waals surface area contributed by atoms with Gasteiger partial charge in [0.25, 0.3) is 5.09 Å². The van der Waals surface area contributed by atoms with Crippen molar-refractivity contribution < 1.29 is 14.7 Å². The van der Waals surface area contributed by atoms with E-state index in [1.165, 1.54) is 0 Å². The van der Waals surface area contributed by atoms with E-state index in [-0.39, 0.29) is 18.4 Å². The Labute approximate surface area is 99.4 Å². The Morgan fingerprint density at radius 3 is 2.71 bits per heavy atom. The highest BCUT2D eigenvalue weighted by Gasteiger charge is 2.33. The first-order valence-corrected chi connectivity index (χ1v) is 5.62. The molecule has 0 N–H and O–H groups in total. The van der Waals surface area contributed by atoms with E-state index in [1.807, 2.05) is 37.3 Å². The highest BCUT2D eigenvalue weighted by atomic mass is 17.0. The van der Waals surface area contributed by atoms with E-state index < -0.39 is 11.2 Å². The minimum absolute atomic E-state index is 0.0662. The fraction of sp³-hybridized carbons (Fsp3) is 0.500. The van der Waals surface area contributed by atoms with E-state index in [0.29, 0.717) is 6.61 Å². The zero-order valence-electron chi connectivity index (χ0n) is 9.61. The Hall–Kier alpha value is -1.62. The largest absolute Gasteiger partial charge is 0.378 e. The van der Waals surface area contributed by atoms with Crippen LogP contribution in [0.5, 0.6) is 0 Å². The normalized spacial score (nSPS) is 28.6. The van der Waals surface area contributed by atoms with Crippen LogP contribution in [0.2, 0.25) is 0 Å². The molecular formula is C12H15NO4. The van der Waals surface area contributed by atoms with Crippen molar-refractivity contribution in [2.75, 3.05) is 13.2 Å². The third kappa shape index (κ3) is 2.74. The maximum Gasteiger partial charge on any atom is 0.294 e. The average Bonchev–Trinajstić information content (AvgIpc) is 2.32. The summed E-state index contributed by atoms with van der Waals surface area (Å²) in [6.45, 7) is 2.84. The second kappa shape index (κ2) is 5.14. The van der Waals surface area contributed by atoms with Crippen LogP contribution in [0, 0.1) is 16.0 Å². The molecule has 0 spiro atoms. The highest BCUT2D eigenvalue weighted by Crippen LogP contribution is 2.32. The van der Waals surface area contributed by atoms with Gasteiger partial charge in [0.15, 0.2) is 0 Å². The Balaban J connectivity index is 2.11. The van der Waals surface area contributed by atoms with Crippen molar-refractivity contribution in [2.45, 2.75) is 18.9 Å². The molecule has 17 heavy (non-hydrogen) atoms. The summed E-state index contributed by atoms with van der Waals surface area (Å²) in [4.78, 5) is 15.0. The molecule has 1 saturated heterocycles. The van der Waals surface area contributed by atoms with Crippen LogP contribution in [-0.4, -0.2) is 24.4 Å². The van der Waals surface area contributed by atoms with Crippen molar-refractivity contribution in [3.05, 3.63) is 46.0 Å². The molecule has 3 unspecified atom stereocenters. The Kier molecular flexibility index (Phi) is 3.58. The first-order chi connectivity index (χ1) is 8.18. The minimum Gasteiger partial charge on any atom is -0.378 e. The van der Waals surface area contributed by atoms with E-state index in [9.17, 15) is 10.1 Å². The van der Waals surface area contributed by atoms with Crippen LogP contribution < -0.4 is 0 Å². The van der Waals surface area contributed by atoms with Gasteiger partial charge in [0.1, 0.15) is 6.10 Å². The lowest BCUT2D eigenvalue weighted by Gasteiger charge is -2.34. The average molecular weight is 237 g/mol. The molecule has 1 aromatic carbocycles. The van der Waals surface area contributed by atoms with E-state index in [4.69, 9.17) is 4.74 Å². The molecule has 2 rings (SSSR count). The molecular weight excluding hydrogens is 222 g/mol. The fourth-order valence-electron chi connectivity index (χ4n) is 2.21. The maximum absolute atomic E-state index is 10.4. The van der Waals surface area contributed by atoms with Gasteiger partial charge >= 0.3 is 0 Å². The summed E-state index contributed by atoms with van der Waals surface area (Å²) in [6, 6.07) is 9.89. The number of hydrogen-bond donors (Lipinski definition) is 0. The molecule has 1 aromatic rings. The predicted molar refractivity (Wildman–Crippen MR) is 61.0 cm³/mol. The van der Waals surface area contributed by atoms with Crippen molar-refractivity contribution >= 4 is 0 Å². The van der Waals surface area contributed by atoms with Crippen LogP contribution in [0.4, 0.5) is 0 Å². The lowest BCUT2D eigenvalue weighted by atomic mass is 9.83. The van der Waals surface area contributed by atoms with Crippen LogP contribution in [0.15, 0.2) is 30.3 Å². The van der Waals surface area contributed by atoms with Gasteiger partial charge < -0.3 is 9.57 Å². The number of nitrogens with zero attached hydrogens (tertiary/aromatic N) is 1. The molecule has 5 nitrogen and oxygen atoms in total. The number of ether oxygens (including phenoxy) is 1. The number of rotatable bonds is 3. The monoisotopic (exact) mass is 237 g/mol. The SMILES string of the molecule is CC1C(O[N+](=O)[O-])COCC1c1ccccc1. The molecule has 5 heteroatoms. The molecule has 0 aromatic heterocycles. The molecule has 1 aliphatic rings. The van der Waals surface area contributed by atoms with E-state index >= 15 is 0 Å². The summed E-state index contributed by atoms with van der Waals surface area (Å²) in [7, 11) is 0. The molecule has 0 saturated carbocycles. The van der Waals surface area contributed by atoms with E-state index in [2.05, 4.69) is 4.84 Å². The summed E-state index contributed by atoms with van der Waals surface area (Å²) in [6.07, 6.45) is -0.482. The standard InChI is InChI=1S/C12H15NO4/c1-9-11(10-5-3-2-4-6-10)7-16-8-12(9)17-13(14)15/h2-6,9,11-12H,7-8H2,1H3. The first kappa shape index (κ1) is 11.9. The molecule has 0 bridgehead atoms. The molecule has 92 valence electrons. The van der Waals surface area contributed by atoms with Crippen LogP contribution in [-0.2, 0) is 9.57 Å². The van der Waals surface area contributed by atoms with Gasteiger partial charge in [-0.05, 0) is 11.5 Å². The lowest BCUT2D eigenvalue weighted by Crippen LogP contribution is -2.39. The summed E-state index contributed by atoms with van der Waals surface area (Å²) in [5, 5.41) is 9.65. The third-order valence-corrected chi connectivity index (χ3v) is 3.25. The first-order valence-electron chi connectivity index (χ1n) is 5.62. The Morgan fingerprint density at radius 1 is 1.35 bits per heavy atom. The molecule has 0 aliphatic carbocycles. The molecule has 1 aliphatic heterocycles. The topological polar surface area (TPSA) is 61.6 Å². The highest BCUT2D eigenvalue weighted by molar-refractivity contribution is 5.21. The van der Waals surface area contributed by atoms with Gasteiger partial charge in [0.2, 0.25) is 0 Å². The van der Waals surface area contributed by atoms with Crippen LogP contribution in [0.1, 0.15) is 18.4 Å². The van der Waals surface area contributed by atoms with E-state index in [1.54, 1.807) is 0 Å². The van der Waals surface area contributed by atoms with Gasteiger partial charge in [-0.25, -0.2) is 0 Å². The van der Waals surface area contributed by atoms with Crippen molar-refractivity contribution in [1.29, 1.82) is 0 Å². The molecule has 1 heterocycles. The quantitative estimate of drug-likeness (QED) is 0.596. The molecule has 0 radical (unpaired) electrons. The maximum atomic E-state index is 10.4. The smallest absolute Gasteiger partial charge is 0.294 e. The number of hydrogen-bond acceptors (Lipinski definition) is 4. The van der Waals surface area contributed by atoms with Crippen LogP contribution in [0.25, 0.3) is 0 Å². The van der Waals surface area contributed by atoms with Gasteiger partial charge in [0, 0.05) is 5.92 Å². The van der Waals surface area contributed by atoms with Crippen molar-refractivity contribution in [3.63, 3.8) is 0 Å². The predicted octanol–water partition coefficient (Wildman–Crippen LogP) is 2.01. The van der Waals surface area contributed by atoms with Gasteiger partial charge in [-0.1, -0.05) is 37.3 Å². The summed E-state index contributed by atoms with van der Waals surface area (Å²) in [5.41, 5.74) is 1.14. The van der Waals surface area contributed by atoms with Gasteiger partial charge in [-0.2, -0.15) is 0 Å². The van der Waals surface area contributed by atoms with Crippen molar-refractivity contribution in [2.24, 2.45) is 5.92 Å². The van der Waals surface area contributed by atoms with Crippen molar-refractivity contribution in [3.8, 4) is 0 Å². The van der Waals surface area contributed by atoms with Gasteiger partial charge in [-0.3, -0.25) is 0 Å². The minimum atomic E-state index is -0.738. The summed E-state index contributed by atoms with van der Waals surface area (Å²) >= 11 is 0. The molecule has 0 amide bonds. The molecule has 3 atom stereocenters. The van der Waals surface area contributed by atoms with Crippen LogP contribution >= 0.6 is 0 Å². The zero-order chi connectivity index (χ0) is 12.3. The zero-order valence-corrected chi connectivity index (χ0v) is 9.61. The van der Waals surface area contributed by atoms with E-state index in [0.717, 1.165) is 5.56 Å². The molecule has 1 fully saturated rings. The number of benzene rings is 1. The van der Waals surface area contributed by atoms with Crippen molar-refractivity contribution in [1.82, 2.24) is 0 Å². The lowest BCUT2D eigenvalue weighted by molar-refractivity contribution is -0.771. The summed E-state index contributed by atoms with van der Waals surface area (Å²) < 4.78 is 5.39.